The van der Waals surface area contributed by atoms with Gasteiger partial charge in [0.2, 0.25) is 0 Å². The zero-order chi connectivity index (χ0) is 34.1. The highest BCUT2D eigenvalue weighted by Gasteiger charge is 2.46. The highest BCUT2D eigenvalue weighted by atomic mass is 32.2. The number of hydrogen-bond acceptors (Lipinski definition) is 8. The van der Waals surface area contributed by atoms with Gasteiger partial charge in [0.15, 0.2) is 11.6 Å². The van der Waals surface area contributed by atoms with E-state index < -0.39 is 22.2 Å². The smallest absolute Gasteiger partial charge is 0.279 e. The standard InChI is InChI=1S/C34H49F2N7O4S/c1-4-43(24(2)3)33(44)29-17-26(35)7-10-30(29)47-31-18-37-23-38-32(31)41-21-34(22-41)12-15-40(16-13-34)19-25-5-8-28(9-6-25)39-48(45,46)42-14-11-27(36)20-42/h7,10,17-18,23-25,27-28,39H,4-6,8-9,11-16,19-22H2,1-3H3. The molecule has 14 heteroatoms. The van der Waals surface area contributed by atoms with Crippen LogP contribution in [0.5, 0.6) is 11.5 Å². The molecule has 2 aromatic rings. The van der Waals surface area contributed by atoms with Gasteiger partial charge in [-0.3, -0.25) is 4.79 Å². The fourth-order valence-electron chi connectivity index (χ4n) is 7.85. The molecule has 1 aromatic carbocycles. The normalized spacial score (nSPS) is 25.0. The lowest BCUT2D eigenvalue weighted by atomic mass is 9.71. The molecule has 6 rings (SSSR count). The third-order valence-electron chi connectivity index (χ3n) is 10.7. The number of amides is 1. The molecule has 1 aliphatic carbocycles. The lowest BCUT2D eigenvalue weighted by Gasteiger charge is -2.54. The number of halogens is 2. The van der Waals surface area contributed by atoms with Crippen molar-refractivity contribution >= 4 is 21.9 Å². The molecule has 1 amide bonds. The number of nitrogens with zero attached hydrogens (tertiary/aromatic N) is 6. The van der Waals surface area contributed by atoms with Crippen LogP contribution in [0.2, 0.25) is 0 Å². The predicted molar refractivity (Wildman–Crippen MR) is 180 cm³/mol. The van der Waals surface area contributed by atoms with Gasteiger partial charge >= 0.3 is 0 Å². The first-order valence-corrected chi connectivity index (χ1v) is 18.9. The molecule has 4 aliphatic rings. The summed E-state index contributed by atoms with van der Waals surface area (Å²) < 4.78 is 63.4. The maximum Gasteiger partial charge on any atom is 0.279 e. The average Bonchev–Trinajstić information content (AvgIpc) is 3.50. The van der Waals surface area contributed by atoms with Crippen LogP contribution in [-0.4, -0.2) is 109 Å². The van der Waals surface area contributed by atoms with E-state index in [0.29, 0.717) is 24.0 Å². The number of alkyl halides is 1. The molecule has 11 nitrogen and oxygen atoms in total. The molecule has 4 heterocycles. The van der Waals surface area contributed by atoms with Gasteiger partial charge in [0.25, 0.3) is 16.1 Å². The summed E-state index contributed by atoms with van der Waals surface area (Å²) in [6, 6.07) is 3.88. The second-order valence-electron chi connectivity index (χ2n) is 14.4. The molecule has 3 saturated heterocycles. The van der Waals surface area contributed by atoms with Gasteiger partial charge in [-0.05, 0) is 103 Å². The molecule has 0 radical (unpaired) electrons. The quantitative estimate of drug-likeness (QED) is 0.364. The molecule has 0 bridgehead atoms. The minimum atomic E-state index is -3.62. The summed E-state index contributed by atoms with van der Waals surface area (Å²) in [4.78, 5) is 28.5. The van der Waals surface area contributed by atoms with Crippen LogP contribution in [0, 0.1) is 17.2 Å². The van der Waals surface area contributed by atoms with E-state index in [2.05, 4.69) is 24.5 Å². The molecule has 48 heavy (non-hydrogen) atoms. The van der Waals surface area contributed by atoms with E-state index in [1.54, 1.807) is 11.1 Å². The van der Waals surface area contributed by atoms with Crippen molar-refractivity contribution in [3.63, 3.8) is 0 Å². The number of hydrogen-bond donors (Lipinski definition) is 1. The Morgan fingerprint density at radius 1 is 1.10 bits per heavy atom. The van der Waals surface area contributed by atoms with Crippen molar-refractivity contribution in [2.75, 3.05) is 57.3 Å². The van der Waals surface area contributed by atoms with Crippen LogP contribution < -0.4 is 14.4 Å². The van der Waals surface area contributed by atoms with E-state index in [9.17, 15) is 22.0 Å². The molecular weight excluding hydrogens is 640 g/mol. The molecule has 1 atom stereocenters. The highest BCUT2D eigenvalue weighted by molar-refractivity contribution is 7.87. The Bertz CT molecular complexity index is 1540. The molecule has 3 aliphatic heterocycles. The van der Waals surface area contributed by atoms with Crippen LogP contribution in [0.1, 0.15) is 76.1 Å². The minimum Gasteiger partial charge on any atom is -0.451 e. The molecule has 1 saturated carbocycles. The summed E-state index contributed by atoms with van der Waals surface area (Å²) in [6.45, 7) is 11.2. The van der Waals surface area contributed by atoms with Crippen molar-refractivity contribution < 1.29 is 26.7 Å². The Labute approximate surface area is 283 Å². The maximum absolute atomic E-state index is 14.3. The third kappa shape index (κ3) is 7.76. The zero-order valence-corrected chi connectivity index (χ0v) is 29.1. The first-order valence-electron chi connectivity index (χ1n) is 17.4. The van der Waals surface area contributed by atoms with Crippen molar-refractivity contribution in [2.24, 2.45) is 11.3 Å². The predicted octanol–water partition coefficient (Wildman–Crippen LogP) is 4.62. The van der Waals surface area contributed by atoms with Crippen molar-refractivity contribution in [1.82, 2.24) is 28.8 Å². The number of likely N-dealkylation sites (tertiary alicyclic amines) is 1. The Balaban J connectivity index is 0.993. The number of benzene rings is 1. The Hall–Kier alpha value is -2.94. The highest BCUT2D eigenvalue weighted by Crippen LogP contribution is 2.45. The maximum atomic E-state index is 14.3. The second kappa shape index (κ2) is 14.5. The molecule has 264 valence electrons. The Morgan fingerprint density at radius 2 is 1.83 bits per heavy atom. The van der Waals surface area contributed by atoms with Crippen molar-refractivity contribution in [1.29, 1.82) is 0 Å². The van der Waals surface area contributed by atoms with Crippen LogP contribution in [0.3, 0.4) is 0 Å². The van der Waals surface area contributed by atoms with Gasteiger partial charge in [0.05, 0.1) is 11.8 Å². The number of rotatable bonds is 11. The summed E-state index contributed by atoms with van der Waals surface area (Å²) in [5, 5.41) is 0. The zero-order valence-electron chi connectivity index (χ0n) is 28.3. The topological polar surface area (TPSA) is 111 Å². The number of carbonyl (C=O) groups excluding carboxylic acids is 1. The molecule has 1 N–H and O–H groups in total. The molecule has 1 spiro atoms. The van der Waals surface area contributed by atoms with E-state index in [-0.39, 0.29) is 54.2 Å². The van der Waals surface area contributed by atoms with Crippen LogP contribution in [0.4, 0.5) is 14.6 Å². The summed E-state index contributed by atoms with van der Waals surface area (Å²) >= 11 is 0. The SMILES string of the molecule is CCN(C(=O)c1cc(F)ccc1Oc1cncnc1N1CC2(CCN(CC3CCC(NS(=O)(=O)N4CCC(F)C4)CC3)CC2)C1)C(C)C. The van der Waals surface area contributed by atoms with Gasteiger partial charge in [-0.1, -0.05) is 0 Å². The van der Waals surface area contributed by atoms with E-state index in [1.165, 1.54) is 28.8 Å². The van der Waals surface area contributed by atoms with Gasteiger partial charge in [0.1, 0.15) is 24.1 Å². The number of nitrogens with one attached hydrogen (secondary N) is 1. The van der Waals surface area contributed by atoms with Crippen molar-refractivity contribution in [3.05, 3.63) is 42.1 Å². The fraction of sp³-hybridized carbons (Fsp3) is 0.676. The monoisotopic (exact) mass is 689 g/mol. The average molecular weight is 690 g/mol. The number of carbonyl (C=O) groups is 1. The van der Waals surface area contributed by atoms with Crippen molar-refractivity contribution in [2.45, 2.75) is 84.0 Å². The van der Waals surface area contributed by atoms with Crippen molar-refractivity contribution in [3.8, 4) is 11.5 Å². The number of anilines is 1. The number of ether oxygens (including phenoxy) is 1. The van der Waals surface area contributed by atoms with Gasteiger partial charge in [-0.2, -0.15) is 17.4 Å². The van der Waals surface area contributed by atoms with E-state index >= 15 is 0 Å². The van der Waals surface area contributed by atoms with Crippen LogP contribution in [0.25, 0.3) is 0 Å². The lowest BCUT2D eigenvalue weighted by Crippen LogP contribution is -2.61. The van der Waals surface area contributed by atoms with Gasteiger partial charge in [-0.25, -0.2) is 18.7 Å². The Kier molecular flexibility index (Phi) is 10.5. The van der Waals surface area contributed by atoms with E-state index in [4.69, 9.17) is 4.74 Å². The van der Waals surface area contributed by atoms with Gasteiger partial charge in [0, 0.05) is 56.8 Å². The molecule has 4 fully saturated rings. The van der Waals surface area contributed by atoms with Crippen LogP contribution in [0.15, 0.2) is 30.7 Å². The van der Waals surface area contributed by atoms with Crippen LogP contribution in [-0.2, 0) is 10.2 Å². The Morgan fingerprint density at radius 3 is 2.48 bits per heavy atom. The minimum absolute atomic E-state index is 0.0391. The van der Waals surface area contributed by atoms with Gasteiger partial charge in [-0.15, -0.1) is 0 Å². The molecule has 1 unspecified atom stereocenters. The fourth-order valence-corrected chi connectivity index (χ4v) is 9.36. The van der Waals surface area contributed by atoms with E-state index in [1.807, 2.05) is 20.8 Å². The third-order valence-corrected chi connectivity index (χ3v) is 12.3. The summed E-state index contributed by atoms with van der Waals surface area (Å²) in [5.74, 6) is 1.13. The number of aromatic nitrogens is 2. The van der Waals surface area contributed by atoms with Gasteiger partial charge < -0.3 is 19.4 Å². The summed E-state index contributed by atoms with van der Waals surface area (Å²) in [5.41, 5.74) is 0.375. The second-order valence-corrected chi connectivity index (χ2v) is 16.1. The first-order chi connectivity index (χ1) is 22.9. The molecule has 1 aromatic heterocycles. The van der Waals surface area contributed by atoms with Crippen LogP contribution >= 0.6 is 0 Å². The first kappa shape index (κ1) is 34.9. The largest absolute Gasteiger partial charge is 0.451 e. The summed E-state index contributed by atoms with van der Waals surface area (Å²) in [6.07, 6.45) is 8.08. The summed E-state index contributed by atoms with van der Waals surface area (Å²) in [7, 11) is -3.62. The van der Waals surface area contributed by atoms with E-state index in [0.717, 1.165) is 71.2 Å². The molecular formula is C34H49F2N7O4S. The lowest BCUT2D eigenvalue weighted by molar-refractivity contribution is 0.0617. The number of piperidine rings is 1.